The molecule has 7 nitrogen and oxygen atoms in total. The van der Waals surface area contributed by atoms with Gasteiger partial charge in [0.05, 0.1) is 18.7 Å². The second-order valence-electron chi connectivity index (χ2n) is 6.96. The third-order valence-corrected chi connectivity index (χ3v) is 5.31. The number of anilines is 1. The first-order chi connectivity index (χ1) is 12.6. The number of aromatic nitrogens is 2. The van der Waals surface area contributed by atoms with E-state index in [1.807, 2.05) is 43.7 Å². The molecule has 0 saturated carbocycles. The van der Waals surface area contributed by atoms with Crippen LogP contribution in [0.3, 0.4) is 0 Å². The van der Waals surface area contributed by atoms with E-state index in [1.54, 1.807) is 9.58 Å². The normalized spacial score (nSPS) is 21.7. The molecule has 2 aliphatic heterocycles. The van der Waals surface area contributed by atoms with Gasteiger partial charge in [-0.05, 0) is 23.6 Å². The lowest BCUT2D eigenvalue weighted by Gasteiger charge is -2.20. The van der Waals surface area contributed by atoms with Crippen LogP contribution in [0.4, 0.5) is 5.69 Å². The van der Waals surface area contributed by atoms with Crippen LogP contribution < -0.4 is 15.5 Å². The molecule has 2 amide bonds. The van der Waals surface area contributed by atoms with Gasteiger partial charge in [-0.25, -0.2) is 0 Å². The summed E-state index contributed by atoms with van der Waals surface area (Å²) >= 11 is 0. The second kappa shape index (κ2) is 6.92. The Kier molecular flexibility index (Phi) is 4.46. The maximum Gasteiger partial charge on any atom is 0.246 e. The molecular formula is C19H23N5O2. The fourth-order valence-electron chi connectivity index (χ4n) is 3.92. The van der Waals surface area contributed by atoms with E-state index in [9.17, 15) is 9.59 Å². The molecule has 1 saturated heterocycles. The number of hydrogen-bond acceptors (Lipinski definition) is 4. The topological polar surface area (TPSA) is 79.3 Å². The number of aryl methyl sites for hydroxylation is 1. The fraction of sp³-hybridized carbons (Fsp3) is 0.421. The Labute approximate surface area is 152 Å². The first-order valence-electron chi connectivity index (χ1n) is 8.98. The van der Waals surface area contributed by atoms with E-state index in [0.717, 1.165) is 24.2 Å². The van der Waals surface area contributed by atoms with Gasteiger partial charge in [-0.15, -0.1) is 0 Å². The lowest BCUT2D eigenvalue weighted by Crippen LogP contribution is -2.42. The first kappa shape index (κ1) is 16.8. The first-order valence-corrected chi connectivity index (χ1v) is 8.98. The van der Waals surface area contributed by atoms with Gasteiger partial charge in [0.25, 0.3) is 0 Å². The fourth-order valence-corrected chi connectivity index (χ4v) is 3.92. The second-order valence-corrected chi connectivity index (χ2v) is 6.96. The lowest BCUT2D eigenvalue weighted by molar-refractivity contribution is -0.127. The average molecular weight is 353 g/mol. The Morgan fingerprint density at radius 3 is 2.96 bits per heavy atom. The van der Waals surface area contributed by atoms with Crippen LogP contribution >= 0.6 is 0 Å². The zero-order valence-electron chi connectivity index (χ0n) is 14.8. The zero-order chi connectivity index (χ0) is 18.1. The molecule has 0 unspecified atom stereocenters. The van der Waals surface area contributed by atoms with Gasteiger partial charge >= 0.3 is 0 Å². The summed E-state index contributed by atoms with van der Waals surface area (Å²) in [5.74, 6) is -0.235. The molecule has 26 heavy (non-hydrogen) atoms. The minimum Gasteiger partial charge on any atom is -0.347 e. The van der Waals surface area contributed by atoms with Crippen LogP contribution in [0.5, 0.6) is 0 Å². The predicted molar refractivity (Wildman–Crippen MR) is 97.8 cm³/mol. The van der Waals surface area contributed by atoms with Crippen molar-refractivity contribution in [3.05, 3.63) is 47.8 Å². The van der Waals surface area contributed by atoms with Crippen LogP contribution in [0.15, 0.2) is 36.7 Å². The van der Waals surface area contributed by atoms with Crippen molar-refractivity contribution in [2.75, 3.05) is 31.1 Å². The van der Waals surface area contributed by atoms with Crippen molar-refractivity contribution in [2.24, 2.45) is 13.0 Å². The summed E-state index contributed by atoms with van der Waals surface area (Å²) in [6, 6.07) is 7.93. The van der Waals surface area contributed by atoms with E-state index in [-0.39, 0.29) is 30.2 Å². The smallest absolute Gasteiger partial charge is 0.246 e. The van der Waals surface area contributed by atoms with Crippen molar-refractivity contribution in [2.45, 2.75) is 12.3 Å². The van der Waals surface area contributed by atoms with Gasteiger partial charge in [-0.2, -0.15) is 5.10 Å². The molecule has 0 bridgehead atoms. The highest BCUT2D eigenvalue weighted by Crippen LogP contribution is 2.29. The number of hydrogen-bond donors (Lipinski definition) is 2. The molecular weight excluding hydrogens is 330 g/mol. The molecule has 4 rings (SSSR count). The summed E-state index contributed by atoms with van der Waals surface area (Å²) < 4.78 is 1.75. The van der Waals surface area contributed by atoms with Crippen LogP contribution in [-0.2, 0) is 23.1 Å². The van der Waals surface area contributed by atoms with E-state index in [4.69, 9.17) is 0 Å². The number of nitrogens with one attached hydrogen (secondary N) is 2. The molecule has 3 heterocycles. The largest absolute Gasteiger partial charge is 0.347 e. The third kappa shape index (κ3) is 3.10. The van der Waals surface area contributed by atoms with E-state index in [1.165, 1.54) is 5.56 Å². The molecule has 1 aromatic heterocycles. The summed E-state index contributed by atoms with van der Waals surface area (Å²) in [5.41, 5.74) is 3.20. The summed E-state index contributed by atoms with van der Waals surface area (Å²) in [6.07, 6.45) is 4.63. The number of fused-ring (bicyclic) bond motifs is 1. The van der Waals surface area contributed by atoms with Crippen LogP contribution in [0.2, 0.25) is 0 Å². The highest BCUT2D eigenvalue weighted by Gasteiger charge is 2.35. The lowest BCUT2D eigenvalue weighted by atomic mass is 9.90. The zero-order valence-corrected chi connectivity index (χ0v) is 14.8. The quantitative estimate of drug-likeness (QED) is 0.835. The maximum absolute atomic E-state index is 12.7. The Hall–Kier alpha value is -2.67. The van der Waals surface area contributed by atoms with Crippen molar-refractivity contribution >= 4 is 17.5 Å². The van der Waals surface area contributed by atoms with Crippen molar-refractivity contribution in [1.29, 1.82) is 0 Å². The molecule has 0 aliphatic carbocycles. The third-order valence-electron chi connectivity index (χ3n) is 5.31. The van der Waals surface area contributed by atoms with E-state index in [0.29, 0.717) is 13.1 Å². The predicted octanol–water partition coefficient (Wildman–Crippen LogP) is 0.429. The number of carbonyl (C=O) groups is 2. The highest BCUT2D eigenvalue weighted by molar-refractivity contribution is 5.98. The van der Waals surface area contributed by atoms with Gasteiger partial charge < -0.3 is 15.5 Å². The van der Waals surface area contributed by atoms with Gasteiger partial charge in [-0.1, -0.05) is 18.2 Å². The molecule has 2 aromatic rings. The number of amides is 2. The molecule has 136 valence electrons. The summed E-state index contributed by atoms with van der Waals surface area (Å²) in [7, 11) is 1.87. The van der Waals surface area contributed by atoms with Gasteiger partial charge in [-0.3, -0.25) is 14.3 Å². The highest BCUT2D eigenvalue weighted by atomic mass is 16.2. The Balaban J connectivity index is 1.37. The molecule has 2 atom stereocenters. The monoisotopic (exact) mass is 353 g/mol. The van der Waals surface area contributed by atoms with Crippen molar-refractivity contribution < 1.29 is 9.59 Å². The molecule has 2 aliphatic rings. The molecule has 1 fully saturated rings. The minimum atomic E-state index is -0.183. The summed E-state index contributed by atoms with van der Waals surface area (Å²) in [6.45, 7) is 2.07. The number of carbonyl (C=O) groups excluding carboxylic acids is 2. The SMILES string of the molecule is Cn1cc([C@H]2CNC[C@@H]2C(=O)NCC(=O)N2CCc3ccccc32)cn1. The molecule has 0 radical (unpaired) electrons. The number of benzene rings is 1. The van der Waals surface area contributed by atoms with Gasteiger partial charge in [0.1, 0.15) is 0 Å². The van der Waals surface area contributed by atoms with Gasteiger partial charge in [0.15, 0.2) is 0 Å². The van der Waals surface area contributed by atoms with Crippen LogP contribution in [0, 0.1) is 5.92 Å². The van der Waals surface area contributed by atoms with E-state index < -0.39 is 0 Å². The van der Waals surface area contributed by atoms with Crippen LogP contribution in [0.1, 0.15) is 17.0 Å². The summed E-state index contributed by atoms with van der Waals surface area (Å²) in [5, 5.41) is 10.3. The Morgan fingerprint density at radius 1 is 1.31 bits per heavy atom. The van der Waals surface area contributed by atoms with Gasteiger partial charge in [0, 0.05) is 44.5 Å². The van der Waals surface area contributed by atoms with E-state index >= 15 is 0 Å². The summed E-state index contributed by atoms with van der Waals surface area (Å²) in [4.78, 5) is 27.0. The Morgan fingerprint density at radius 2 is 2.15 bits per heavy atom. The minimum absolute atomic E-state index is 0.0312. The number of nitrogens with zero attached hydrogens (tertiary/aromatic N) is 3. The molecule has 0 spiro atoms. The Bertz CT molecular complexity index is 831. The van der Waals surface area contributed by atoms with Crippen molar-refractivity contribution in [3.8, 4) is 0 Å². The number of rotatable bonds is 4. The molecule has 7 heteroatoms. The van der Waals surface area contributed by atoms with E-state index in [2.05, 4.69) is 15.7 Å². The van der Waals surface area contributed by atoms with Gasteiger partial charge in [0.2, 0.25) is 11.8 Å². The van der Waals surface area contributed by atoms with Crippen molar-refractivity contribution in [3.63, 3.8) is 0 Å². The maximum atomic E-state index is 12.7. The molecule has 2 N–H and O–H groups in total. The molecule has 1 aromatic carbocycles. The number of para-hydroxylation sites is 1. The van der Waals surface area contributed by atoms with Crippen LogP contribution in [0.25, 0.3) is 0 Å². The van der Waals surface area contributed by atoms with Crippen LogP contribution in [-0.4, -0.2) is 47.8 Å². The average Bonchev–Trinajstić information content (AvgIpc) is 3.37. The standard InChI is InChI=1S/C19H23N5O2/c1-23-12-14(8-22-23)15-9-20-10-16(15)19(26)21-11-18(25)24-7-6-13-4-2-3-5-17(13)24/h2-5,8,12,15-16,20H,6-7,9-11H2,1H3,(H,21,26)/t15-,16+/m1/s1. The van der Waals surface area contributed by atoms with Crippen molar-refractivity contribution in [1.82, 2.24) is 20.4 Å².